The summed E-state index contributed by atoms with van der Waals surface area (Å²) in [7, 11) is 3.97. The lowest BCUT2D eigenvalue weighted by molar-refractivity contribution is 0.313. The second-order valence-corrected chi connectivity index (χ2v) is 10.1. The number of aromatic nitrogens is 4. The van der Waals surface area contributed by atoms with E-state index < -0.39 is 0 Å². The summed E-state index contributed by atoms with van der Waals surface area (Å²) in [5, 5.41) is 2.03. The van der Waals surface area contributed by atoms with Gasteiger partial charge in [0.05, 0.1) is 34.0 Å². The van der Waals surface area contributed by atoms with Gasteiger partial charge < -0.3 is 9.80 Å². The van der Waals surface area contributed by atoms with Gasteiger partial charge in [-0.1, -0.05) is 24.3 Å². The monoisotopic (exact) mass is 500 g/mol. The first-order valence-corrected chi connectivity index (χ1v) is 13.0. The Labute approximate surface area is 220 Å². The fourth-order valence-corrected chi connectivity index (χ4v) is 5.52. The molecule has 0 bridgehead atoms. The molecule has 1 saturated heterocycles. The fourth-order valence-electron chi connectivity index (χ4n) is 5.52. The van der Waals surface area contributed by atoms with Crippen molar-refractivity contribution >= 4 is 38.5 Å². The number of anilines is 1. The highest BCUT2D eigenvalue weighted by molar-refractivity contribution is 6.04. The summed E-state index contributed by atoms with van der Waals surface area (Å²) >= 11 is 0. The molecule has 38 heavy (non-hydrogen) atoms. The third kappa shape index (κ3) is 3.66. The number of hydrogen-bond donors (Lipinski definition) is 0. The number of benzene rings is 3. The lowest BCUT2D eigenvalue weighted by atomic mass is 10.0. The summed E-state index contributed by atoms with van der Waals surface area (Å²) in [6, 6.07) is 24.9. The first-order valence-electron chi connectivity index (χ1n) is 13.0. The molecule has 1 aliphatic heterocycles. The van der Waals surface area contributed by atoms with Gasteiger partial charge in [-0.05, 0) is 61.1 Å². The maximum atomic E-state index is 13.5. The van der Waals surface area contributed by atoms with Crippen LogP contribution in [0.4, 0.5) is 5.69 Å². The van der Waals surface area contributed by atoms with Crippen molar-refractivity contribution < 1.29 is 0 Å². The second kappa shape index (κ2) is 8.82. The maximum Gasteiger partial charge on any atom is 0.333 e. The van der Waals surface area contributed by atoms with Crippen LogP contribution in [0, 0.1) is 0 Å². The lowest BCUT2D eigenvalue weighted by Crippen LogP contribution is -2.44. The van der Waals surface area contributed by atoms with Gasteiger partial charge in [0.1, 0.15) is 0 Å². The molecule has 188 valence electrons. The van der Waals surface area contributed by atoms with Crippen LogP contribution in [0.15, 0.2) is 90.0 Å². The highest BCUT2D eigenvalue weighted by atomic mass is 16.1. The molecule has 0 radical (unpaired) electrons. The first-order chi connectivity index (χ1) is 18.6. The number of para-hydroxylation sites is 1. The van der Waals surface area contributed by atoms with Crippen LogP contribution < -0.4 is 10.6 Å². The molecular weight excluding hydrogens is 472 g/mol. The van der Waals surface area contributed by atoms with Crippen molar-refractivity contribution in [3.63, 3.8) is 0 Å². The molecule has 7 heteroatoms. The molecule has 1 fully saturated rings. The number of likely N-dealkylation sites (N-methyl/N-ethyl adjacent to an activating group) is 1. The van der Waals surface area contributed by atoms with Crippen LogP contribution in [-0.4, -0.2) is 57.2 Å². The van der Waals surface area contributed by atoms with Crippen molar-refractivity contribution in [2.75, 3.05) is 38.1 Å². The molecule has 1 aliphatic rings. The van der Waals surface area contributed by atoms with Crippen LogP contribution in [0.2, 0.25) is 0 Å². The Kier molecular flexibility index (Phi) is 5.26. The molecule has 6 aromatic rings. The van der Waals surface area contributed by atoms with Gasteiger partial charge in [0.25, 0.3) is 0 Å². The number of fused-ring (bicyclic) bond motifs is 4. The van der Waals surface area contributed by atoms with Crippen LogP contribution >= 0.6 is 0 Å². The SMILES string of the molecule is CN1CCN(c2ccc(-n3c(=O)n(C)c4cnc5ccc(-c6cnc7ccccc7c6)cc5c43)cc2)CC1. The van der Waals surface area contributed by atoms with Gasteiger partial charge in [-0.2, -0.15) is 0 Å². The third-order valence-corrected chi connectivity index (χ3v) is 7.78. The average Bonchev–Trinajstić information content (AvgIpc) is 3.23. The topological polar surface area (TPSA) is 59.2 Å². The number of aryl methyl sites for hydroxylation is 1. The fraction of sp³-hybridized carbons (Fsp3) is 0.194. The molecule has 3 aromatic heterocycles. The molecule has 0 N–H and O–H groups in total. The Morgan fingerprint density at radius 1 is 0.711 bits per heavy atom. The zero-order chi connectivity index (χ0) is 25.8. The number of piperazine rings is 1. The Morgan fingerprint density at radius 2 is 1.45 bits per heavy atom. The summed E-state index contributed by atoms with van der Waals surface area (Å²) in [4.78, 5) is 27.6. The summed E-state index contributed by atoms with van der Waals surface area (Å²) in [5.41, 5.74) is 7.52. The number of nitrogens with zero attached hydrogens (tertiary/aromatic N) is 6. The maximum absolute atomic E-state index is 13.5. The van der Waals surface area contributed by atoms with Crippen LogP contribution in [-0.2, 0) is 7.05 Å². The molecule has 4 heterocycles. The van der Waals surface area contributed by atoms with E-state index in [1.165, 1.54) is 5.69 Å². The second-order valence-electron chi connectivity index (χ2n) is 10.1. The minimum Gasteiger partial charge on any atom is -0.369 e. The number of pyridine rings is 2. The predicted octanol–water partition coefficient (Wildman–Crippen LogP) is 4.84. The summed E-state index contributed by atoms with van der Waals surface area (Å²) < 4.78 is 3.50. The molecule has 0 saturated carbocycles. The minimum atomic E-state index is -0.0839. The van der Waals surface area contributed by atoms with E-state index in [0.29, 0.717) is 0 Å². The molecule has 7 nitrogen and oxygen atoms in total. The van der Waals surface area contributed by atoms with Crippen molar-refractivity contribution in [2.24, 2.45) is 7.05 Å². The van der Waals surface area contributed by atoms with Gasteiger partial charge >= 0.3 is 5.69 Å². The van der Waals surface area contributed by atoms with E-state index in [9.17, 15) is 4.79 Å². The molecule has 3 aromatic carbocycles. The number of rotatable bonds is 3. The molecule has 0 spiro atoms. The average molecular weight is 501 g/mol. The predicted molar refractivity (Wildman–Crippen MR) is 154 cm³/mol. The third-order valence-electron chi connectivity index (χ3n) is 7.78. The lowest BCUT2D eigenvalue weighted by Gasteiger charge is -2.34. The van der Waals surface area contributed by atoms with Gasteiger partial charge in [-0.25, -0.2) is 4.79 Å². The Bertz CT molecular complexity index is 1880. The van der Waals surface area contributed by atoms with Gasteiger partial charge in [-0.15, -0.1) is 0 Å². The first kappa shape index (κ1) is 22.7. The standard InChI is InChI=1S/C31H28N6O/c1-34-13-15-36(16-14-34)24-8-10-25(11-9-24)37-30-26-18-21(23-17-22-5-3-4-6-27(22)32-19-23)7-12-28(26)33-20-29(30)35(2)31(37)38/h3-12,17-20H,13-16H2,1-2H3. The highest BCUT2D eigenvalue weighted by Crippen LogP contribution is 2.31. The molecule has 0 amide bonds. The highest BCUT2D eigenvalue weighted by Gasteiger charge is 2.18. The minimum absolute atomic E-state index is 0.0839. The van der Waals surface area contributed by atoms with Crippen molar-refractivity contribution in [1.82, 2.24) is 24.0 Å². The largest absolute Gasteiger partial charge is 0.369 e. The Morgan fingerprint density at radius 3 is 2.26 bits per heavy atom. The van der Waals surface area contributed by atoms with Crippen molar-refractivity contribution in [1.29, 1.82) is 0 Å². The van der Waals surface area contributed by atoms with Crippen molar-refractivity contribution in [3.05, 3.63) is 95.7 Å². The molecule has 0 aliphatic carbocycles. The normalized spacial score (nSPS) is 14.6. The Hall–Kier alpha value is -4.49. The summed E-state index contributed by atoms with van der Waals surface area (Å²) in [6.07, 6.45) is 3.71. The van der Waals surface area contributed by atoms with E-state index >= 15 is 0 Å². The van der Waals surface area contributed by atoms with E-state index in [1.807, 2.05) is 42.1 Å². The molecule has 7 rings (SSSR count). The van der Waals surface area contributed by atoms with Crippen molar-refractivity contribution in [3.8, 4) is 16.8 Å². The van der Waals surface area contributed by atoms with Crippen molar-refractivity contribution in [2.45, 2.75) is 0 Å². The zero-order valence-corrected chi connectivity index (χ0v) is 21.5. The summed E-state index contributed by atoms with van der Waals surface area (Å²) in [6.45, 7) is 4.12. The van der Waals surface area contributed by atoms with Gasteiger partial charge in [0, 0.05) is 61.4 Å². The van der Waals surface area contributed by atoms with Gasteiger partial charge in [0.15, 0.2) is 0 Å². The molecule has 0 atom stereocenters. The smallest absolute Gasteiger partial charge is 0.333 e. The molecular formula is C31H28N6O. The van der Waals surface area contributed by atoms with E-state index in [4.69, 9.17) is 0 Å². The van der Waals surface area contributed by atoms with E-state index in [2.05, 4.69) is 75.3 Å². The van der Waals surface area contributed by atoms with Crippen LogP contribution in [0.3, 0.4) is 0 Å². The van der Waals surface area contributed by atoms with Crippen LogP contribution in [0.25, 0.3) is 49.7 Å². The molecule has 0 unspecified atom stereocenters. The number of imidazole rings is 1. The van der Waals surface area contributed by atoms with E-state index in [1.54, 1.807) is 10.8 Å². The van der Waals surface area contributed by atoms with E-state index in [0.717, 1.165) is 75.8 Å². The van der Waals surface area contributed by atoms with Gasteiger partial charge in [-0.3, -0.25) is 19.1 Å². The number of hydrogen-bond acceptors (Lipinski definition) is 5. The quantitative estimate of drug-likeness (QED) is 0.348. The van der Waals surface area contributed by atoms with E-state index in [-0.39, 0.29) is 5.69 Å². The van der Waals surface area contributed by atoms with Crippen LogP contribution in [0.1, 0.15) is 0 Å². The zero-order valence-electron chi connectivity index (χ0n) is 21.5. The van der Waals surface area contributed by atoms with Gasteiger partial charge in [0.2, 0.25) is 0 Å². The summed E-state index contributed by atoms with van der Waals surface area (Å²) in [5.74, 6) is 0. The van der Waals surface area contributed by atoms with Crippen LogP contribution in [0.5, 0.6) is 0 Å². The Balaban J connectivity index is 1.37.